The van der Waals surface area contributed by atoms with Crippen LogP contribution in [0.3, 0.4) is 0 Å². The van der Waals surface area contributed by atoms with Crippen LogP contribution in [-0.4, -0.2) is 54.8 Å². The van der Waals surface area contributed by atoms with Gasteiger partial charge in [-0.15, -0.1) is 11.3 Å². The van der Waals surface area contributed by atoms with Crippen molar-refractivity contribution in [2.24, 2.45) is 0 Å². The van der Waals surface area contributed by atoms with E-state index in [0.29, 0.717) is 18.2 Å². The Morgan fingerprint density at radius 1 is 1.04 bits per heavy atom. The Morgan fingerprint density at radius 2 is 1.78 bits per heavy atom. The molecule has 3 aromatic rings. The van der Waals surface area contributed by atoms with Crippen LogP contribution in [0.25, 0.3) is 10.8 Å². The maximum Gasteiger partial charge on any atom is 0.323 e. The Labute approximate surface area is 161 Å². The van der Waals surface area contributed by atoms with Crippen LogP contribution in [-0.2, 0) is 10.0 Å². The molecule has 27 heavy (non-hydrogen) atoms. The number of carbonyl (C=O) groups is 1. The van der Waals surface area contributed by atoms with E-state index < -0.39 is 10.0 Å². The average molecular weight is 403 g/mol. The van der Waals surface area contributed by atoms with Gasteiger partial charge in [0, 0.05) is 37.8 Å². The zero-order valence-electron chi connectivity index (χ0n) is 14.4. The minimum absolute atomic E-state index is 0.257. The van der Waals surface area contributed by atoms with Gasteiger partial charge >= 0.3 is 6.03 Å². The van der Waals surface area contributed by atoms with Crippen molar-refractivity contribution >= 4 is 43.3 Å². The largest absolute Gasteiger partial charge is 0.323 e. The van der Waals surface area contributed by atoms with Crippen LogP contribution in [0.1, 0.15) is 0 Å². The number of thiazole rings is 1. The highest BCUT2D eigenvalue weighted by atomic mass is 32.2. The number of piperazine rings is 1. The van der Waals surface area contributed by atoms with Crippen LogP contribution < -0.4 is 5.32 Å². The predicted octanol–water partition coefficient (Wildman–Crippen LogP) is 2.83. The molecule has 1 aliphatic heterocycles. The summed E-state index contributed by atoms with van der Waals surface area (Å²) in [7, 11) is -3.59. The molecule has 0 aliphatic carbocycles. The molecule has 4 rings (SSSR count). The number of anilines is 1. The van der Waals surface area contributed by atoms with Gasteiger partial charge in [-0.2, -0.15) is 4.31 Å². The normalized spacial score (nSPS) is 15.8. The first-order valence-electron chi connectivity index (χ1n) is 8.48. The number of rotatable bonds is 3. The maximum atomic E-state index is 13.0. The SMILES string of the molecule is O=C(Nc1nccs1)N1CCN(S(=O)(=O)c2ccc3ccccc3c2)CC1. The molecule has 0 saturated carbocycles. The van der Waals surface area contributed by atoms with Gasteiger partial charge < -0.3 is 4.90 Å². The predicted molar refractivity (Wildman–Crippen MR) is 105 cm³/mol. The Hall–Kier alpha value is -2.49. The van der Waals surface area contributed by atoms with Crippen molar-refractivity contribution < 1.29 is 13.2 Å². The van der Waals surface area contributed by atoms with E-state index in [9.17, 15) is 13.2 Å². The van der Waals surface area contributed by atoms with Crippen molar-refractivity contribution in [1.29, 1.82) is 0 Å². The van der Waals surface area contributed by atoms with Crippen molar-refractivity contribution in [3.8, 4) is 0 Å². The fourth-order valence-corrected chi connectivity index (χ4v) is 5.04. The topological polar surface area (TPSA) is 82.6 Å². The van der Waals surface area contributed by atoms with Crippen LogP contribution in [0.4, 0.5) is 9.93 Å². The molecule has 0 radical (unpaired) electrons. The van der Waals surface area contributed by atoms with Crippen molar-refractivity contribution in [3.63, 3.8) is 0 Å². The van der Waals surface area contributed by atoms with Crippen molar-refractivity contribution in [3.05, 3.63) is 54.0 Å². The Balaban J connectivity index is 1.45. The summed E-state index contributed by atoms with van der Waals surface area (Å²) in [4.78, 5) is 18.2. The average Bonchev–Trinajstić information content (AvgIpc) is 3.20. The first-order chi connectivity index (χ1) is 13.0. The number of carbonyl (C=O) groups excluding carboxylic acids is 1. The molecule has 140 valence electrons. The van der Waals surface area contributed by atoms with Gasteiger partial charge in [0.1, 0.15) is 0 Å². The summed E-state index contributed by atoms with van der Waals surface area (Å²) >= 11 is 1.34. The molecule has 1 aliphatic rings. The molecular weight excluding hydrogens is 384 g/mol. The number of urea groups is 1. The van der Waals surface area contributed by atoms with E-state index >= 15 is 0 Å². The molecule has 0 spiro atoms. The van der Waals surface area contributed by atoms with E-state index in [1.54, 1.807) is 28.6 Å². The first kappa shape index (κ1) is 17.9. The third-order valence-electron chi connectivity index (χ3n) is 4.53. The number of hydrogen-bond acceptors (Lipinski definition) is 5. The number of sulfonamides is 1. The van der Waals surface area contributed by atoms with Crippen LogP contribution in [0.5, 0.6) is 0 Å². The number of amides is 2. The number of fused-ring (bicyclic) bond motifs is 1. The van der Waals surface area contributed by atoms with Crippen LogP contribution in [0.15, 0.2) is 58.9 Å². The minimum Gasteiger partial charge on any atom is -0.322 e. The van der Waals surface area contributed by atoms with Gasteiger partial charge in [0.2, 0.25) is 10.0 Å². The lowest BCUT2D eigenvalue weighted by atomic mass is 10.1. The van der Waals surface area contributed by atoms with Gasteiger partial charge in [-0.1, -0.05) is 30.3 Å². The van der Waals surface area contributed by atoms with Crippen molar-refractivity contribution in [2.75, 3.05) is 31.5 Å². The summed E-state index contributed by atoms with van der Waals surface area (Å²) in [5.74, 6) is 0. The van der Waals surface area contributed by atoms with E-state index in [4.69, 9.17) is 0 Å². The van der Waals surface area contributed by atoms with E-state index in [1.165, 1.54) is 15.6 Å². The smallest absolute Gasteiger partial charge is 0.322 e. The van der Waals surface area contributed by atoms with Crippen molar-refractivity contribution in [1.82, 2.24) is 14.2 Å². The second-order valence-electron chi connectivity index (χ2n) is 6.17. The molecule has 9 heteroatoms. The quantitative estimate of drug-likeness (QED) is 0.730. The molecule has 2 heterocycles. The summed E-state index contributed by atoms with van der Waals surface area (Å²) in [6.45, 7) is 1.20. The molecule has 0 bridgehead atoms. The molecule has 7 nitrogen and oxygen atoms in total. The number of nitrogens with one attached hydrogen (secondary N) is 1. The Bertz CT molecular complexity index is 1060. The van der Waals surface area contributed by atoms with Gasteiger partial charge in [-0.3, -0.25) is 5.32 Å². The molecule has 0 atom stereocenters. The lowest BCUT2D eigenvalue weighted by Crippen LogP contribution is -2.51. The third kappa shape index (κ3) is 3.66. The fourth-order valence-electron chi connectivity index (χ4n) is 3.06. The molecule has 2 amide bonds. The van der Waals surface area contributed by atoms with Crippen LogP contribution >= 0.6 is 11.3 Å². The van der Waals surface area contributed by atoms with Crippen LogP contribution in [0, 0.1) is 0 Å². The van der Waals surface area contributed by atoms with Gasteiger partial charge in [0.25, 0.3) is 0 Å². The van der Waals surface area contributed by atoms with E-state index in [-0.39, 0.29) is 24.0 Å². The second-order valence-corrected chi connectivity index (χ2v) is 9.00. The molecule has 1 fully saturated rings. The van der Waals surface area contributed by atoms with Gasteiger partial charge in [-0.05, 0) is 22.9 Å². The third-order valence-corrected chi connectivity index (χ3v) is 7.11. The standard InChI is InChI=1S/C18H18N4O3S2/c23-18(20-17-19-7-12-26-17)21-8-10-22(11-9-21)27(24,25)16-6-5-14-3-1-2-4-15(14)13-16/h1-7,12-13H,8-11H2,(H,19,20,23). The zero-order chi connectivity index (χ0) is 18.9. The van der Waals surface area contributed by atoms with E-state index in [2.05, 4.69) is 10.3 Å². The first-order valence-corrected chi connectivity index (χ1v) is 10.8. The monoisotopic (exact) mass is 402 g/mol. The summed E-state index contributed by atoms with van der Waals surface area (Å²) in [6, 6.07) is 12.6. The summed E-state index contributed by atoms with van der Waals surface area (Å²) in [5, 5.41) is 6.93. The summed E-state index contributed by atoms with van der Waals surface area (Å²) in [6.07, 6.45) is 1.62. The molecular formula is C18H18N4O3S2. The summed E-state index contributed by atoms with van der Waals surface area (Å²) < 4.78 is 27.4. The minimum atomic E-state index is -3.59. The number of benzene rings is 2. The van der Waals surface area contributed by atoms with E-state index in [1.807, 2.05) is 30.3 Å². The number of aromatic nitrogens is 1. The number of nitrogens with zero attached hydrogens (tertiary/aromatic N) is 3. The molecule has 1 N–H and O–H groups in total. The fraction of sp³-hybridized carbons (Fsp3) is 0.222. The molecule has 0 unspecified atom stereocenters. The molecule has 1 saturated heterocycles. The maximum absolute atomic E-state index is 13.0. The zero-order valence-corrected chi connectivity index (χ0v) is 16.0. The second kappa shape index (κ2) is 7.26. The lowest BCUT2D eigenvalue weighted by molar-refractivity contribution is 0.184. The highest BCUT2D eigenvalue weighted by molar-refractivity contribution is 7.89. The van der Waals surface area contributed by atoms with Crippen LogP contribution in [0.2, 0.25) is 0 Å². The van der Waals surface area contributed by atoms with Gasteiger partial charge in [-0.25, -0.2) is 18.2 Å². The molecule has 1 aromatic heterocycles. The highest BCUT2D eigenvalue weighted by Crippen LogP contribution is 2.23. The number of hydrogen-bond donors (Lipinski definition) is 1. The summed E-state index contributed by atoms with van der Waals surface area (Å²) in [5.41, 5.74) is 0. The van der Waals surface area contributed by atoms with Gasteiger partial charge in [0.15, 0.2) is 5.13 Å². The Morgan fingerprint density at radius 3 is 2.48 bits per heavy atom. The highest BCUT2D eigenvalue weighted by Gasteiger charge is 2.30. The van der Waals surface area contributed by atoms with Gasteiger partial charge in [0.05, 0.1) is 4.90 Å². The van der Waals surface area contributed by atoms with Crippen molar-refractivity contribution in [2.45, 2.75) is 4.90 Å². The van der Waals surface area contributed by atoms with E-state index in [0.717, 1.165) is 10.8 Å². The molecule has 2 aromatic carbocycles. The Kier molecular flexibility index (Phi) is 4.81. The lowest BCUT2D eigenvalue weighted by Gasteiger charge is -2.33.